The van der Waals surface area contributed by atoms with Crippen LogP contribution in [0.2, 0.25) is 0 Å². The van der Waals surface area contributed by atoms with Crippen molar-refractivity contribution in [2.24, 2.45) is 5.73 Å². The van der Waals surface area contributed by atoms with Crippen LogP contribution in [0.4, 0.5) is 13.2 Å². The highest BCUT2D eigenvalue weighted by Gasteiger charge is 2.42. The van der Waals surface area contributed by atoms with E-state index < -0.39 is 46.4 Å². The van der Waals surface area contributed by atoms with Gasteiger partial charge in [-0.2, -0.15) is 17.5 Å². The van der Waals surface area contributed by atoms with Crippen molar-refractivity contribution in [3.63, 3.8) is 0 Å². The maximum Gasteiger partial charge on any atom is 0.390 e. The quantitative estimate of drug-likeness (QED) is 0.781. The topological polar surface area (TPSA) is 89.7 Å². The standard InChI is InChI=1S/C9H15F3N2O4S/c1-6-7(8(13)15)14(3-4-18-6)19(16,17)5-2-9(10,11)12/h6-7H,2-5H2,1H3,(H2,13,15)/t6-,7+/m1/s1. The van der Waals surface area contributed by atoms with E-state index in [1.165, 1.54) is 6.92 Å². The number of carbonyl (C=O) groups is 1. The van der Waals surface area contributed by atoms with Crippen LogP contribution in [-0.2, 0) is 19.6 Å². The molecule has 2 N–H and O–H groups in total. The van der Waals surface area contributed by atoms with Crippen molar-refractivity contribution in [1.29, 1.82) is 0 Å². The molecular weight excluding hydrogens is 289 g/mol. The highest BCUT2D eigenvalue weighted by Crippen LogP contribution is 2.24. The molecule has 1 amide bonds. The zero-order valence-electron chi connectivity index (χ0n) is 10.2. The molecule has 0 aliphatic carbocycles. The minimum atomic E-state index is -4.58. The maximum atomic E-state index is 12.1. The molecule has 112 valence electrons. The predicted molar refractivity (Wildman–Crippen MR) is 59.6 cm³/mol. The summed E-state index contributed by atoms with van der Waals surface area (Å²) >= 11 is 0. The van der Waals surface area contributed by atoms with Crippen LogP contribution in [0.3, 0.4) is 0 Å². The summed E-state index contributed by atoms with van der Waals surface area (Å²) in [5, 5.41) is 0. The second-order valence-electron chi connectivity index (χ2n) is 4.22. The highest BCUT2D eigenvalue weighted by atomic mass is 32.2. The Morgan fingerprint density at radius 1 is 1.47 bits per heavy atom. The van der Waals surface area contributed by atoms with E-state index in [2.05, 4.69) is 0 Å². The van der Waals surface area contributed by atoms with E-state index in [1.54, 1.807) is 0 Å². The molecule has 0 aromatic heterocycles. The Morgan fingerprint density at radius 2 is 2.05 bits per heavy atom. The number of alkyl halides is 3. The number of carbonyl (C=O) groups excluding carboxylic acids is 1. The van der Waals surface area contributed by atoms with Crippen molar-refractivity contribution >= 4 is 15.9 Å². The van der Waals surface area contributed by atoms with Crippen LogP contribution in [-0.4, -0.2) is 55.9 Å². The molecule has 0 bridgehead atoms. The highest BCUT2D eigenvalue weighted by molar-refractivity contribution is 7.89. The molecule has 0 aromatic rings. The number of hydrogen-bond donors (Lipinski definition) is 1. The Kier molecular flexibility index (Phi) is 4.80. The van der Waals surface area contributed by atoms with E-state index in [0.29, 0.717) is 4.31 Å². The molecule has 1 heterocycles. The van der Waals surface area contributed by atoms with Crippen molar-refractivity contribution < 1.29 is 31.1 Å². The Labute approximate surface area is 108 Å². The van der Waals surface area contributed by atoms with Gasteiger partial charge >= 0.3 is 6.18 Å². The first kappa shape index (κ1) is 16.2. The maximum absolute atomic E-state index is 12.1. The van der Waals surface area contributed by atoms with Crippen LogP contribution in [0.5, 0.6) is 0 Å². The number of nitrogens with zero attached hydrogens (tertiary/aromatic N) is 1. The van der Waals surface area contributed by atoms with Gasteiger partial charge in [-0.15, -0.1) is 0 Å². The fourth-order valence-corrected chi connectivity index (χ4v) is 3.54. The lowest BCUT2D eigenvalue weighted by Gasteiger charge is -2.36. The van der Waals surface area contributed by atoms with Gasteiger partial charge in [-0.1, -0.05) is 0 Å². The van der Waals surface area contributed by atoms with Crippen molar-refractivity contribution in [1.82, 2.24) is 4.31 Å². The summed E-state index contributed by atoms with van der Waals surface area (Å²) in [7, 11) is -4.21. The third-order valence-electron chi connectivity index (χ3n) is 2.74. The number of halogens is 3. The summed E-state index contributed by atoms with van der Waals surface area (Å²) in [6, 6.07) is -1.27. The number of nitrogens with two attached hydrogens (primary N) is 1. The number of hydrogen-bond acceptors (Lipinski definition) is 4. The van der Waals surface area contributed by atoms with Gasteiger partial charge in [-0.05, 0) is 6.92 Å². The summed E-state index contributed by atoms with van der Waals surface area (Å²) in [6.45, 7) is 1.27. The van der Waals surface area contributed by atoms with Crippen molar-refractivity contribution in [2.45, 2.75) is 31.7 Å². The van der Waals surface area contributed by atoms with Gasteiger partial charge in [0.05, 0.1) is 24.9 Å². The average molecular weight is 304 g/mol. The minimum absolute atomic E-state index is 0.0101. The largest absolute Gasteiger partial charge is 0.390 e. The van der Waals surface area contributed by atoms with Gasteiger partial charge in [0.25, 0.3) is 0 Å². The number of amides is 1. The molecule has 6 nitrogen and oxygen atoms in total. The third kappa shape index (κ3) is 4.32. The summed E-state index contributed by atoms with van der Waals surface area (Å²) in [4.78, 5) is 11.2. The van der Waals surface area contributed by atoms with Crippen LogP contribution in [0.15, 0.2) is 0 Å². The van der Waals surface area contributed by atoms with Gasteiger partial charge in [-0.25, -0.2) is 8.42 Å². The molecule has 10 heteroatoms. The van der Waals surface area contributed by atoms with Crippen LogP contribution in [0, 0.1) is 0 Å². The zero-order chi connectivity index (χ0) is 14.8. The van der Waals surface area contributed by atoms with Crippen LogP contribution in [0.25, 0.3) is 0 Å². The molecule has 19 heavy (non-hydrogen) atoms. The van der Waals surface area contributed by atoms with Gasteiger partial charge in [0.15, 0.2) is 0 Å². The number of ether oxygens (including phenoxy) is 1. The van der Waals surface area contributed by atoms with E-state index in [0.717, 1.165) is 0 Å². The number of sulfonamides is 1. The van der Waals surface area contributed by atoms with Crippen LogP contribution >= 0.6 is 0 Å². The van der Waals surface area contributed by atoms with E-state index >= 15 is 0 Å². The van der Waals surface area contributed by atoms with Gasteiger partial charge < -0.3 is 10.5 Å². The molecule has 0 aromatic carbocycles. The van der Waals surface area contributed by atoms with E-state index in [4.69, 9.17) is 10.5 Å². The fraction of sp³-hybridized carbons (Fsp3) is 0.889. The Bertz CT molecular complexity index is 437. The molecule has 1 fully saturated rings. The van der Waals surface area contributed by atoms with Gasteiger partial charge in [0, 0.05) is 6.54 Å². The molecular formula is C9H15F3N2O4S. The van der Waals surface area contributed by atoms with E-state index in [9.17, 15) is 26.4 Å². The predicted octanol–water partition coefficient (Wildman–Crippen LogP) is -0.157. The van der Waals surface area contributed by atoms with E-state index in [1.807, 2.05) is 0 Å². The number of primary amides is 1. The van der Waals surface area contributed by atoms with Crippen molar-refractivity contribution in [2.75, 3.05) is 18.9 Å². The molecule has 0 saturated carbocycles. The van der Waals surface area contributed by atoms with Crippen LogP contribution < -0.4 is 5.73 Å². The fourth-order valence-electron chi connectivity index (χ4n) is 1.84. The first-order valence-electron chi connectivity index (χ1n) is 5.52. The number of rotatable bonds is 4. The van der Waals surface area contributed by atoms with Crippen molar-refractivity contribution in [3.05, 3.63) is 0 Å². The lowest BCUT2D eigenvalue weighted by Crippen LogP contribution is -2.58. The Hall–Kier alpha value is -0.870. The molecule has 1 rings (SSSR count). The normalized spacial score (nSPS) is 26.3. The monoisotopic (exact) mass is 304 g/mol. The first-order valence-corrected chi connectivity index (χ1v) is 7.13. The summed E-state index contributed by atoms with van der Waals surface area (Å²) in [5.41, 5.74) is 5.08. The molecule has 1 aliphatic rings. The lowest BCUT2D eigenvalue weighted by atomic mass is 10.1. The third-order valence-corrected chi connectivity index (χ3v) is 4.58. The van der Waals surface area contributed by atoms with Crippen LogP contribution in [0.1, 0.15) is 13.3 Å². The smallest absolute Gasteiger partial charge is 0.375 e. The summed E-state index contributed by atoms with van der Waals surface area (Å²) in [6.07, 6.45) is -6.83. The zero-order valence-corrected chi connectivity index (χ0v) is 11.0. The number of morpholine rings is 1. The second-order valence-corrected chi connectivity index (χ2v) is 6.26. The summed E-state index contributed by atoms with van der Waals surface area (Å²) in [5.74, 6) is -2.05. The van der Waals surface area contributed by atoms with E-state index in [-0.39, 0.29) is 13.2 Å². The molecule has 1 aliphatic heterocycles. The Balaban J connectivity index is 2.88. The van der Waals surface area contributed by atoms with Gasteiger partial charge in [-0.3, -0.25) is 4.79 Å². The Morgan fingerprint density at radius 3 is 2.53 bits per heavy atom. The average Bonchev–Trinajstić information content (AvgIpc) is 2.25. The molecule has 0 spiro atoms. The minimum Gasteiger partial charge on any atom is -0.375 e. The van der Waals surface area contributed by atoms with Crippen molar-refractivity contribution in [3.8, 4) is 0 Å². The second kappa shape index (κ2) is 5.63. The van der Waals surface area contributed by atoms with Gasteiger partial charge in [0.1, 0.15) is 6.04 Å². The SMILES string of the molecule is C[C@H]1OCCN(S(=O)(=O)CCC(F)(F)F)[C@@H]1C(N)=O. The molecule has 0 radical (unpaired) electrons. The molecule has 1 saturated heterocycles. The first-order chi connectivity index (χ1) is 8.54. The lowest BCUT2D eigenvalue weighted by molar-refractivity contribution is -0.131. The summed E-state index contributed by atoms with van der Waals surface area (Å²) < 4.78 is 65.8. The van der Waals surface area contributed by atoms with Gasteiger partial charge in [0.2, 0.25) is 15.9 Å². The molecule has 2 atom stereocenters. The molecule has 0 unspecified atom stereocenters.